The van der Waals surface area contributed by atoms with Crippen molar-refractivity contribution in [3.8, 4) is 0 Å². The molecule has 1 aromatic carbocycles. The van der Waals surface area contributed by atoms with E-state index in [2.05, 4.69) is 15.4 Å². The van der Waals surface area contributed by atoms with E-state index in [4.69, 9.17) is 0 Å². The van der Waals surface area contributed by atoms with Crippen LogP contribution < -0.4 is 5.32 Å². The van der Waals surface area contributed by atoms with Crippen molar-refractivity contribution in [1.29, 1.82) is 0 Å². The SMILES string of the molecule is O=C(CSc1nc2ccccc2s1)NCc1cc2ccccn2n1. The Morgan fingerprint density at radius 1 is 1.21 bits per heavy atom. The van der Waals surface area contributed by atoms with Gasteiger partial charge in [0, 0.05) is 6.20 Å². The summed E-state index contributed by atoms with van der Waals surface area (Å²) >= 11 is 3.08. The lowest BCUT2D eigenvalue weighted by atomic mass is 10.3. The van der Waals surface area contributed by atoms with Gasteiger partial charge in [-0.3, -0.25) is 4.79 Å². The Morgan fingerprint density at radius 2 is 2.08 bits per heavy atom. The van der Waals surface area contributed by atoms with Crippen LogP contribution in [-0.4, -0.2) is 26.3 Å². The Hall–Kier alpha value is -2.38. The highest BCUT2D eigenvalue weighted by Gasteiger charge is 2.08. The predicted octanol–water partition coefficient (Wildman–Crippen LogP) is 3.35. The molecule has 0 fully saturated rings. The van der Waals surface area contributed by atoms with Crippen LogP contribution in [0.3, 0.4) is 0 Å². The van der Waals surface area contributed by atoms with E-state index < -0.39 is 0 Å². The molecular formula is C17H14N4OS2. The molecule has 0 aliphatic heterocycles. The van der Waals surface area contributed by atoms with Crippen molar-refractivity contribution >= 4 is 44.7 Å². The number of nitrogens with zero attached hydrogens (tertiary/aromatic N) is 3. The van der Waals surface area contributed by atoms with Gasteiger partial charge in [0.25, 0.3) is 0 Å². The second-order valence-corrected chi connectivity index (χ2v) is 7.47. The fourth-order valence-electron chi connectivity index (χ4n) is 2.36. The van der Waals surface area contributed by atoms with Crippen molar-refractivity contribution in [2.45, 2.75) is 10.9 Å². The number of aromatic nitrogens is 3. The average molecular weight is 354 g/mol. The number of pyridine rings is 1. The predicted molar refractivity (Wildman–Crippen MR) is 97.4 cm³/mol. The quantitative estimate of drug-likeness (QED) is 0.558. The highest BCUT2D eigenvalue weighted by Crippen LogP contribution is 2.28. The van der Waals surface area contributed by atoms with Crippen molar-refractivity contribution < 1.29 is 4.79 Å². The van der Waals surface area contributed by atoms with Gasteiger partial charge in [-0.1, -0.05) is 30.0 Å². The van der Waals surface area contributed by atoms with Gasteiger partial charge in [-0.25, -0.2) is 9.50 Å². The molecular weight excluding hydrogens is 340 g/mol. The Balaban J connectivity index is 1.33. The molecule has 24 heavy (non-hydrogen) atoms. The monoisotopic (exact) mass is 354 g/mol. The van der Waals surface area contributed by atoms with Crippen molar-refractivity contribution in [3.63, 3.8) is 0 Å². The molecule has 0 unspecified atom stereocenters. The van der Waals surface area contributed by atoms with E-state index in [0.717, 1.165) is 25.8 Å². The number of amides is 1. The summed E-state index contributed by atoms with van der Waals surface area (Å²) in [5, 5.41) is 7.32. The molecule has 120 valence electrons. The van der Waals surface area contributed by atoms with Gasteiger partial charge in [0.05, 0.1) is 33.7 Å². The first kappa shape index (κ1) is 15.2. The molecule has 4 rings (SSSR count). The summed E-state index contributed by atoms with van der Waals surface area (Å²) in [7, 11) is 0. The summed E-state index contributed by atoms with van der Waals surface area (Å²) in [5.74, 6) is 0.337. The second kappa shape index (κ2) is 6.62. The van der Waals surface area contributed by atoms with E-state index in [9.17, 15) is 4.79 Å². The van der Waals surface area contributed by atoms with E-state index in [1.54, 1.807) is 15.9 Å². The van der Waals surface area contributed by atoms with Crippen molar-refractivity contribution in [1.82, 2.24) is 19.9 Å². The summed E-state index contributed by atoms with van der Waals surface area (Å²) in [5.41, 5.74) is 2.85. The molecule has 0 radical (unpaired) electrons. The fourth-order valence-corrected chi connectivity index (χ4v) is 4.26. The Morgan fingerprint density at radius 3 is 2.96 bits per heavy atom. The van der Waals surface area contributed by atoms with Crippen LogP contribution >= 0.6 is 23.1 Å². The Labute approximate surface area is 146 Å². The van der Waals surface area contributed by atoms with Crippen LogP contribution in [-0.2, 0) is 11.3 Å². The number of para-hydroxylation sites is 1. The second-order valence-electron chi connectivity index (χ2n) is 5.22. The van der Waals surface area contributed by atoms with Crippen LogP contribution in [0.15, 0.2) is 59.1 Å². The zero-order valence-electron chi connectivity index (χ0n) is 12.7. The summed E-state index contributed by atoms with van der Waals surface area (Å²) in [4.78, 5) is 16.5. The van der Waals surface area contributed by atoms with E-state index in [0.29, 0.717) is 12.3 Å². The minimum atomic E-state index is -0.0173. The highest BCUT2D eigenvalue weighted by atomic mass is 32.2. The largest absolute Gasteiger partial charge is 0.350 e. The molecule has 0 bridgehead atoms. The lowest BCUT2D eigenvalue weighted by Crippen LogP contribution is -2.24. The molecule has 7 heteroatoms. The summed E-state index contributed by atoms with van der Waals surface area (Å²) < 4.78 is 3.86. The normalized spacial score (nSPS) is 11.2. The Bertz CT molecular complexity index is 862. The number of hydrogen-bond acceptors (Lipinski definition) is 5. The number of nitrogens with one attached hydrogen (secondary N) is 1. The number of carbonyl (C=O) groups excluding carboxylic acids is 1. The van der Waals surface area contributed by atoms with Crippen LogP contribution in [0.2, 0.25) is 0 Å². The highest BCUT2D eigenvalue weighted by molar-refractivity contribution is 8.01. The van der Waals surface area contributed by atoms with Gasteiger partial charge in [-0.2, -0.15) is 5.10 Å². The number of benzene rings is 1. The molecule has 0 saturated carbocycles. The maximum atomic E-state index is 12.0. The third-order valence-electron chi connectivity index (χ3n) is 3.49. The van der Waals surface area contributed by atoms with E-state index in [1.807, 2.05) is 54.7 Å². The van der Waals surface area contributed by atoms with Crippen molar-refractivity contribution in [2.75, 3.05) is 5.75 Å². The molecule has 0 aliphatic carbocycles. The first-order valence-electron chi connectivity index (χ1n) is 7.46. The zero-order chi connectivity index (χ0) is 16.4. The van der Waals surface area contributed by atoms with Gasteiger partial charge in [-0.15, -0.1) is 11.3 Å². The maximum Gasteiger partial charge on any atom is 0.230 e. The molecule has 0 spiro atoms. The topological polar surface area (TPSA) is 59.3 Å². The number of fused-ring (bicyclic) bond motifs is 2. The summed E-state index contributed by atoms with van der Waals surface area (Å²) in [6, 6.07) is 15.8. The summed E-state index contributed by atoms with van der Waals surface area (Å²) in [6.07, 6.45) is 1.89. The third-order valence-corrected chi connectivity index (χ3v) is 5.67. The van der Waals surface area contributed by atoms with Crippen molar-refractivity contribution in [3.05, 3.63) is 60.4 Å². The zero-order valence-corrected chi connectivity index (χ0v) is 14.3. The number of hydrogen-bond donors (Lipinski definition) is 1. The molecule has 0 saturated heterocycles. The van der Waals surface area contributed by atoms with E-state index in [-0.39, 0.29) is 5.91 Å². The number of thiazole rings is 1. The first-order valence-corrected chi connectivity index (χ1v) is 9.26. The minimum absolute atomic E-state index is 0.0173. The standard InChI is InChI=1S/C17H14N4OS2/c22-16(11-23-17-19-14-6-1-2-7-15(14)24-17)18-10-12-9-13-5-3-4-8-21(13)20-12/h1-9H,10-11H2,(H,18,22). The fraction of sp³-hybridized carbons (Fsp3) is 0.118. The van der Waals surface area contributed by atoms with Gasteiger partial charge in [0.15, 0.2) is 4.34 Å². The number of thioether (sulfide) groups is 1. The third kappa shape index (κ3) is 3.27. The number of carbonyl (C=O) groups is 1. The molecule has 0 atom stereocenters. The van der Waals surface area contributed by atoms with Crippen LogP contribution in [0, 0.1) is 0 Å². The maximum absolute atomic E-state index is 12.0. The lowest BCUT2D eigenvalue weighted by Gasteiger charge is -2.01. The number of rotatable bonds is 5. The molecule has 5 nitrogen and oxygen atoms in total. The molecule has 1 N–H and O–H groups in total. The minimum Gasteiger partial charge on any atom is -0.350 e. The molecule has 3 aromatic heterocycles. The van der Waals surface area contributed by atoms with E-state index in [1.165, 1.54) is 11.8 Å². The van der Waals surface area contributed by atoms with E-state index >= 15 is 0 Å². The van der Waals surface area contributed by atoms with Crippen LogP contribution in [0.1, 0.15) is 5.69 Å². The van der Waals surface area contributed by atoms with Crippen LogP contribution in [0.25, 0.3) is 15.7 Å². The average Bonchev–Trinajstić information content (AvgIpc) is 3.21. The van der Waals surface area contributed by atoms with Gasteiger partial charge in [0.2, 0.25) is 5.91 Å². The van der Waals surface area contributed by atoms with Crippen LogP contribution in [0.5, 0.6) is 0 Å². The van der Waals surface area contributed by atoms with Gasteiger partial charge >= 0.3 is 0 Å². The van der Waals surface area contributed by atoms with Gasteiger partial charge in [0.1, 0.15) is 0 Å². The first-order chi connectivity index (χ1) is 11.8. The van der Waals surface area contributed by atoms with Crippen LogP contribution in [0.4, 0.5) is 0 Å². The van der Waals surface area contributed by atoms with Gasteiger partial charge < -0.3 is 5.32 Å². The lowest BCUT2D eigenvalue weighted by molar-refractivity contribution is -0.118. The molecule has 0 aliphatic rings. The molecule has 1 amide bonds. The molecule has 3 heterocycles. The van der Waals surface area contributed by atoms with Crippen molar-refractivity contribution in [2.24, 2.45) is 0 Å². The van der Waals surface area contributed by atoms with Gasteiger partial charge in [-0.05, 0) is 30.3 Å². The Kier molecular flexibility index (Phi) is 4.18. The molecule has 4 aromatic rings. The summed E-state index contributed by atoms with van der Waals surface area (Å²) in [6.45, 7) is 0.431. The smallest absolute Gasteiger partial charge is 0.230 e.